The monoisotopic (exact) mass is 317 g/mol. The van der Waals surface area contributed by atoms with Crippen molar-refractivity contribution in [2.45, 2.75) is 32.2 Å². The van der Waals surface area contributed by atoms with Crippen molar-refractivity contribution in [3.63, 3.8) is 0 Å². The summed E-state index contributed by atoms with van der Waals surface area (Å²) in [5, 5.41) is 10.3. The standard InChI is InChI=1S/C16H19N3O2S/c20-16(21)15-14(12-6-5-7-17-10-12)18-13(22-15)11-19-8-3-1-2-4-9-19/h5-7,10H,1-4,8-9,11H2,(H,20,21). The minimum atomic E-state index is -0.918. The maximum atomic E-state index is 11.5. The minimum absolute atomic E-state index is 0.304. The SMILES string of the molecule is O=C(O)c1sc(CN2CCCCCC2)nc1-c1cccnc1. The zero-order valence-electron chi connectivity index (χ0n) is 12.4. The summed E-state index contributed by atoms with van der Waals surface area (Å²) in [6.45, 7) is 2.89. The fourth-order valence-electron chi connectivity index (χ4n) is 2.76. The zero-order valence-corrected chi connectivity index (χ0v) is 13.2. The Morgan fingerprint density at radius 1 is 1.27 bits per heavy atom. The molecule has 0 aliphatic carbocycles. The Labute approximate surface area is 133 Å². The topological polar surface area (TPSA) is 66.3 Å². The zero-order chi connectivity index (χ0) is 15.4. The van der Waals surface area contributed by atoms with Crippen molar-refractivity contribution in [1.29, 1.82) is 0 Å². The highest BCUT2D eigenvalue weighted by molar-refractivity contribution is 7.14. The first-order chi connectivity index (χ1) is 10.7. The summed E-state index contributed by atoms with van der Waals surface area (Å²) in [4.78, 5) is 22.8. The van der Waals surface area contributed by atoms with E-state index < -0.39 is 5.97 Å². The van der Waals surface area contributed by atoms with Crippen molar-refractivity contribution in [2.24, 2.45) is 0 Å². The summed E-state index contributed by atoms with van der Waals surface area (Å²) in [6, 6.07) is 3.65. The molecule has 0 bridgehead atoms. The molecule has 0 radical (unpaired) electrons. The van der Waals surface area contributed by atoms with Gasteiger partial charge in [-0.3, -0.25) is 9.88 Å². The van der Waals surface area contributed by atoms with Crippen LogP contribution in [0.15, 0.2) is 24.5 Å². The van der Waals surface area contributed by atoms with Crippen LogP contribution in [0.25, 0.3) is 11.3 Å². The third kappa shape index (κ3) is 3.51. The van der Waals surface area contributed by atoms with Crippen LogP contribution in [0.3, 0.4) is 0 Å². The van der Waals surface area contributed by atoms with Gasteiger partial charge in [0.05, 0.1) is 12.2 Å². The third-order valence-electron chi connectivity index (χ3n) is 3.86. The van der Waals surface area contributed by atoms with Crippen LogP contribution in [0.2, 0.25) is 0 Å². The molecular formula is C16H19N3O2S. The van der Waals surface area contributed by atoms with E-state index >= 15 is 0 Å². The van der Waals surface area contributed by atoms with Gasteiger partial charge >= 0.3 is 5.97 Å². The Balaban J connectivity index is 1.85. The lowest BCUT2D eigenvalue weighted by molar-refractivity contribution is 0.0702. The summed E-state index contributed by atoms with van der Waals surface area (Å²) in [5.41, 5.74) is 1.30. The van der Waals surface area contributed by atoms with Crippen molar-refractivity contribution in [3.05, 3.63) is 34.4 Å². The number of pyridine rings is 1. The highest BCUT2D eigenvalue weighted by atomic mass is 32.1. The van der Waals surface area contributed by atoms with Gasteiger partial charge in [0.2, 0.25) is 0 Å². The number of carboxylic acid groups (broad SMARTS) is 1. The van der Waals surface area contributed by atoms with Crippen LogP contribution in [-0.2, 0) is 6.54 Å². The van der Waals surface area contributed by atoms with Gasteiger partial charge in [0.25, 0.3) is 0 Å². The van der Waals surface area contributed by atoms with E-state index in [9.17, 15) is 9.90 Å². The molecule has 1 N–H and O–H groups in total. The number of thiazole rings is 1. The lowest BCUT2D eigenvalue weighted by Gasteiger charge is -2.17. The van der Waals surface area contributed by atoms with Crippen LogP contribution >= 0.6 is 11.3 Å². The predicted molar refractivity (Wildman–Crippen MR) is 86.0 cm³/mol. The summed E-state index contributed by atoms with van der Waals surface area (Å²) in [7, 11) is 0. The molecule has 0 spiro atoms. The summed E-state index contributed by atoms with van der Waals surface area (Å²) < 4.78 is 0. The number of likely N-dealkylation sites (tertiary alicyclic amines) is 1. The molecule has 0 atom stereocenters. The number of hydrogen-bond acceptors (Lipinski definition) is 5. The summed E-state index contributed by atoms with van der Waals surface area (Å²) in [5.74, 6) is -0.918. The van der Waals surface area contributed by atoms with Crippen molar-refractivity contribution in [3.8, 4) is 11.3 Å². The Morgan fingerprint density at radius 3 is 2.68 bits per heavy atom. The molecule has 0 saturated carbocycles. The molecule has 22 heavy (non-hydrogen) atoms. The van der Waals surface area contributed by atoms with Gasteiger partial charge in [-0.05, 0) is 38.1 Å². The van der Waals surface area contributed by atoms with E-state index in [-0.39, 0.29) is 0 Å². The molecule has 0 aromatic carbocycles. The fourth-order valence-corrected chi connectivity index (χ4v) is 3.73. The quantitative estimate of drug-likeness (QED) is 0.937. The first-order valence-electron chi connectivity index (χ1n) is 7.60. The van der Waals surface area contributed by atoms with Gasteiger partial charge in [-0.1, -0.05) is 12.8 Å². The number of aromatic carboxylic acids is 1. The normalized spacial score (nSPS) is 16.4. The van der Waals surface area contributed by atoms with E-state index in [0.29, 0.717) is 10.6 Å². The molecule has 1 saturated heterocycles. The highest BCUT2D eigenvalue weighted by Gasteiger charge is 2.20. The molecule has 116 valence electrons. The molecule has 1 aliphatic rings. The first kappa shape index (κ1) is 15.1. The smallest absolute Gasteiger partial charge is 0.348 e. The number of nitrogens with zero attached hydrogens (tertiary/aromatic N) is 3. The number of carbonyl (C=O) groups is 1. The molecule has 1 fully saturated rings. The lowest BCUT2D eigenvalue weighted by Crippen LogP contribution is -2.23. The maximum Gasteiger partial charge on any atom is 0.348 e. The Bertz CT molecular complexity index is 634. The van der Waals surface area contributed by atoms with Gasteiger partial charge in [0.1, 0.15) is 9.88 Å². The van der Waals surface area contributed by atoms with E-state index in [1.54, 1.807) is 18.5 Å². The van der Waals surface area contributed by atoms with Gasteiger partial charge in [-0.25, -0.2) is 9.78 Å². The van der Waals surface area contributed by atoms with Crippen LogP contribution < -0.4 is 0 Å². The Kier molecular flexibility index (Phi) is 4.80. The van der Waals surface area contributed by atoms with E-state index in [1.807, 2.05) is 6.07 Å². The van der Waals surface area contributed by atoms with E-state index in [0.717, 1.165) is 30.2 Å². The summed E-state index contributed by atoms with van der Waals surface area (Å²) >= 11 is 1.28. The Hall–Kier alpha value is -1.79. The summed E-state index contributed by atoms with van der Waals surface area (Å²) in [6.07, 6.45) is 8.34. The van der Waals surface area contributed by atoms with Gasteiger partial charge in [-0.2, -0.15) is 0 Å². The van der Waals surface area contributed by atoms with Crippen molar-refractivity contribution in [2.75, 3.05) is 13.1 Å². The maximum absolute atomic E-state index is 11.5. The van der Waals surface area contributed by atoms with Crippen molar-refractivity contribution >= 4 is 17.3 Å². The van der Waals surface area contributed by atoms with E-state index in [2.05, 4.69) is 14.9 Å². The molecule has 2 aromatic rings. The minimum Gasteiger partial charge on any atom is -0.477 e. The van der Waals surface area contributed by atoms with Gasteiger partial charge < -0.3 is 5.11 Å². The number of rotatable bonds is 4. The van der Waals surface area contributed by atoms with Gasteiger partial charge in [0.15, 0.2) is 0 Å². The number of carboxylic acids is 1. The fraction of sp³-hybridized carbons (Fsp3) is 0.438. The highest BCUT2D eigenvalue weighted by Crippen LogP contribution is 2.29. The number of aromatic nitrogens is 2. The van der Waals surface area contributed by atoms with Crippen LogP contribution in [0.4, 0.5) is 0 Å². The average molecular weight is 317 g/mol. The van der Waals surface area contributed by atoms with Crippen molar-refractivity contribution in [1.82, 2.24) is 14.9 Å². The molecule has 6 heteroatoms. The van der Waals surface area contributed by atoms with Crippen LogP contribution in [0, 0.1) is 0 Å². The molecule has 0 unspecified atom stereocenters. The second-order valence-corrected chi connectivity index (χ2v) is 6.61. The largest absolute Gasteiger partial charge is 0.477 e. The first-order valence-corrected chi connectivity index (χ1v) is 8.41. The third-order valence-corrected chi connectivity index (χ3v) is 4.89. The second kappa shape index (κ2) is 6.98. The van der Waals surface area contributed by atoms with E-state index in [4.69, 9.17) is 0 Å². The molecule has 1 aliphatic heterocycles. The van der Waals surface area contributed by atoms with Crippen LogP contribution in [0.5, 0.6) is 0 Å². The van der Waals surface area contributed by atoms with Gasteiger partial charge in [-0.15, -0.1) is 11.3 Å². The molecule has 5 nitrogen and oxygen atoms in total. The lowest BCUT2D eigenvalue weighted by atomic mass is 10.2. The molecule has 2 aromatic heterocycles. The van der Waals surface area contributed by atoms with Crippen LogP contribution in [0.1, 0.15) is 40.4 Å². The molecule has 0 amide bonds. The molecule has 3 rings (SSSR count). The predicted octanol–water partition coefficient (Wildman–Crippen LogP) is 3.28. The Morgan fingerprint density at radius 2 is 2.05 bits per heavy atom. The average Bonchev–Trinajstić information content (AvgIpc) is 2.78. The van der Waals surface area contributed by atoms with Gasteiger partial charge in [0, 0.05) is 18.0 Å². The van der Waals surface area contributed by atoms with Crippen molar-refractivity contribution < 1.29 is 9.90 Å². The second-order valence-electron chi connectivity index (χ2n) is 5.52. The molecular weight excluding hydrogens is 298 g/mol. The van der Waals surface area contributed by atoms with Crippen LogP contribution in [-0.4, -0.2) is 39.0 Å². The molecule has 3 heterocycles. The number of hydrogen-bond donors (Lipinski definition) is 1. The van der Waals surface area contributed by atoms with E-state index in [1.165, 1.54) is 37.0 Å².